The van der Waals surface area contributed by atoms with E-state index in [4.69, 9.17) is 4.74 Å². The third kappa shape index (κ3) is 1.53. The molecule has 0 aliphatic carbocycles. The van der Waals surface area contributed by atoms with Crippen molar-refractivity contribution in [1.82, 2.24) is 5.32 Å². The van der Waals surface area contributed by atoms with Crippen molar-refractivity contribution in [3.8, 4) is 0 Å². The van der Waals surface area contributed by atoms with Gasteiger partial charge in [0, 0.05) is 6.54 Å². The first-order valence-corrected chi connectivity index (χ1v) is 5.43. The van der Waals surface area contributed by atoms with Gasteiger partial charge in [0.2, 0.25) is 0 Å². The summed E-state index contributed by atoms with van der Waals surface area (Å²) in [6.45, 7) is 2.61. The van der Waals surface area contributed by atoms with E-state index >= 15 is 0 Å². The number of hydrogen-bond acceptors (Lipinski definition) is 3. The van der Waals surface area contributed by atoms with Crippen molar-refractivity contribution in [3.63, 3.8) is 0 Å². The van der Waals surface area contributed by atoms with Gasteiger partial charge >= 0.3 is 0 Å². The molecule has 0 unspecified atom stereocenters. The number of ether oxygens (including phenoxy) is 1. The van der Waals surface area contributed by atoms with Crippen molar-refractivity contribution < 1.29 is 4.74 Å². The summed E-state index contributed by atoms with van der Waals surface area (Å²) in [5.74, 6) is 1.00. The van der Waals surface area contributed by atoms with Gasteiger partial charge in [-0.15, -0.1) is 0 Å². The fourth-order valence-electron chi connectivity index (χ4n) is 2.21. The van der Waals surface area contributed by atoms with Crippen LogP contribution in [0.3, 0.4) is 0 Å². The van der Waals surface area contributed by atoms with Crippen molar-refractivity contribution in [3.05, 3.63) is 35.4 Å². The quantitative estimate of drug-likeness (QED) is 0.744. The molecule has 1 atom stereocenters. The smallest absolute Gasteiger partial charge is 0.140 e. The minimum absolute atomic E-state index is 0.0393. The zero-order chi connectivity index (χ0) is 10.1. The summed E-state index contributed by atoms with van der Waals surface area (Å²) in [5, 5.41) is 3.29. The fourth-order valence-corrected chi connectivity index (χ4v) is 2.21. The van der Waals surface area contributed by atoms with Crippen molar-refractivity contribution in [2.45, 2.75) is 12.5 Å². The van der Waals surface area contributed by atoms with Crippen molar-refractivity contribution in [1.29, 1.82) is 0 Å². The van der Waals surface area contributed by atoms with Crippen LogP contribution < -0.4 is 5.32 Å². The molecule has 0 bridgehead atoms. The second-order valence-electron chi connectivity index (χ2n) is 3.89. The first kappa shape index (κ1) is 8.92. The number of benzene rings is 1. The Bertz CT molecular complexity index is 400. The van der Waals surface area contributed by atoms with Crippen LogP contribution in [-0.2, 0) is 11.2 Å². The molecule has 0 radical (unpaired) electrons. The molecule has 15 heavy (non-hydrogen) atoms. The minimum atomic E-state index is 0.0393. The van der Waals surface area contributed by atoms with Crippen LogP contribution in [0.25, 0.3) is 0 Å². The van der Waals surface area contributed by atoms with E-state index in [1.54, 1.807) is 0 Å². The second-order valence-corrected chi connectivity index (χ2v) is 3.89. The molecular weight excluding hydrogens is 188 g/mol. The summed E-state index contributed by atoms with van der Waals surface area (Å²) in [6.07, 6.45) is 1.05. The Balaban J connectivity index is 1.98. The molecule has 1 aromatic rings. The average Bonchev–Trinajstić information content (AvgIpc) is 2.82. The van der Waals surface area contributed by atoms with Gasteiger partial charge in [-0.25, -0.2) is 0 Å². The molecule has 2 heterocycles. The molecule has 78 valence electrons. The summed E-state index contributed by atoms with van der Waals surface area (Å²) in [7, 11) is 0. The van der Waals surface area contributed by atoms with E-state index in [0.717, 1.165) is 32.0 Å². The lowest BCUT2D eigenvalue weighted by Crippen LogP contribution is -2.31. The highest BCUT2D eigenvalue weighted by atomic mass is 16.5. The summed E-state index contributed by atoms with van der Waals surface area (Å²) in [5.41, 5.74) is 2.67. The number of aliphatic imine (C=N–C) groups is 1. The van der Waals surface area contributed by atoms with Crippen LogP contribution in [0.5, 0.6) is 0 Å². The van der Waals surface area contributed by atoms with Gasteiger partial charge in [-0.3, -0.25) is 4.99 Å². The van der Waals surface area contributed by atoms with Gasteiger partial charge in [0.1, 0.15) is 11.9 Å². The van der Waals surface area contributed by atoms with Gasteiger partial charge < -0.3 is 10.1 Å². The van der Waals surface area contributed by atoms with Crippen LogP contribution in [-0.4, -0.2) is 25.5 Å². The molecule has 0 saturated carbocycles. The van der Waals surface area contributed by atoms with Crippen molar-refractivity contribution >= 4 is 5.84 Å². The zero-order valence-electron chi connectivity index (χ0n) is 8.57. The SMILES string of the molecule is c1ccc2c(c1)CCO[C@@H]2C1=NCCN1. The summed E-state index contributed by atoms with van der Waals surface area (Å²) >= 11 is 0. The van der Waals surface area contributed by atoms with E-state index in [1.807, 2.05) is 0 Å². The van der Waals surface area contributed by atoms with E-state index in [1.165, 1.54) is 11.1 Å². The van der Waals surface area contributed by atoms with Crippen LogP contribution >= 0.6 is 0 Å². The van der Waals surface area contributed by atoms with Crippen LogP contribution in [0.2, 0.25) is 0 Å². The Labute approximate surface area is 89.2 Å². The Morgan fingerprint density at radius 1 is 1.33 bits per heavy atom. The average molecular weight is 202 g/mol. The Kier molecular flexibility index (Phi) is 2.18. The van der Waals surface area contributed by atoms with E-state index in [0.29, 0.717) is 0 Å². The molecule has 0 fully saturated rings. The van der Waals surface area contributed by atoms with Crippen molar-refractivity contribution in [2.75, 3.05) is 19.7 Å². The molecule has 2 aliphatic heterocycles. The first-order valence-electron chi connectivity index (χ1n) is 5.43. The third-order valence-corrected chi connectivity index (χ3v) is 2.94. The topological polar surface area (TPSA) is 33.6 Å². The number of amidine groups is 1. The highest BCUT2D eigenvalue weighted by Gasteiger charge is 2.26. The standard InChI is InChI=1S/C12H14N2O/c1-2-4-10-9(3-1)5-8-15-11(10)12-13-6-7-14-12/h1-4,11H,5-8H2,(H,13,14)/t11-/m0/s1. The van der Waals surface area contributed by atoms with Crippen molar-refractivity contribution in [2.24, 2.45) is 4.99 Å². The summed E-state index contributed by atoms with van der Waals surface area (Å²) in [4.78, 5) is 4.44. The van der Waals surface area contributed by atoms with Gasteiger partial charge in [-0.05, 0) is 17.5 Å². The van der Waals surface area contributed by atoms with Gasteiger partial charge in [0.05, 0.1) is 13.2 Å². The van der Waals surface area contributed by atoms with E-state index in [-0.39, 0.29) is 6.10 Å². The molecule has 0 amide bonds. The van der Waals surface area contributed by atoms with Crippen LogP contribution in [0, 0.1) is 0 Å². The molecule has 1 N–H and O–H groups in total. The summed E-state index contributed by atoms with van der Waals surface area (Å²) in [6, 6.07) is 8.48. The third-order valence-electron chi connectivity index (χ3n) is 2.94. The Hall–Kier alpha value is -1.35. The monoisotopic (exact) mass is 202 g/mol. The van der Waals surface area contributed by atoms with Crippen LogP contribution in [0.4, 0.5) is 0 Å². The number of rotatable bonds is 1. The van der Waals surface area contributed by atoms with Gasteiger partial charge in [-0.1, -0.05) is 24.3 Å². The van der Waals surface area contributed by atoms with Gasteiger partial charge in [0.25, 0.3) is 0 Å². The van der Waals surface area contributed by atoms with E-state index < -0.39 is 0 Å². The molecular formula is C12H14N2O. The van der Waals surface area contributed by atoms with Crippen LogP contribution in [0.15, 0.2) is 29.3 Å². The molecule has 0 aromatic heterocycles. The van der Waals surface area contributed by atoms with Gasteiger partial charge in [0.15, 0.2) is 0 Å². The molecule has 2 aliphatic rings. The molecule has 0 spiro atoms. The lowest BCUT2D eigenvalue weighted by Gasteiger charge is -2.26. The zero-order valence-corrected chi connectivity index (χ0v) is 8.57. The van der Waals surface area contributed by atoms with E-state index in [2.05, 4.69) is 34.6 Å². The van der Waals surface area contributed by atoms with Gasteiger partial charge in [-0.2, -0.15) is 0 Å². The minimum Gasteiger partial charge on any atom is -0.369 e. The Morgan fingerprint density at radius 3 is 3.13 bits per heavy atom. The number of nitrogens with zero attached hydrogens (tertiary/aromatic N) is 1. The first-order chi connectivity index (χ1) is 7.45. The van der Waals surface area contributed by atoms with E-state index in [9.17, 15) is 0 Å². The maximum absolute atomic E-state index is 5.80. The number of nitrogens with one attached hydrogen (secondary N) is 1. The molecule has 3 nitrogen and oxygen atoms in total. The maximum atomic E-state index is 5.80. The molecule has 1 aromatic carbocycles. The fraction of sp³-hybridized carbons (Fsp3) is 0.417. The highest BCUT2D eigenvalue weighted by molar-refractivity contribution is 5.89. The molecule has 3 heteroatoms. The molecule has 3 rings (SSSR count). The highest BCUT2D eigenvalue weighted by Crippen LogP contribution is 2.27. The van der Waals surface area contributed by atoms with Crippen LogP contribution in [0.1, 0.15) is 17.2 Å². The Morgan fingerprint density at radius 2 is 2.27 bits per heavy atom. The normalized spacial score (nSPS) is 24.3. The lowest BCUT2D eigenvalue weighted by atomic mass is 9.97. The predicted molar refractivity (Wildman–Crippen MR) is 59.1 cm³/mol. The predicted octanol–water partition coefficient (Wildman–Crippen LogP) is 1.30. The number of fused-ring (bicyclic) bond motifs is 1. The number of hydrogen-bond donors (Lipinski definition) is 1. The maximum Gasteiger partial charge on any atom is 0.140 e. The second kappa shape index (κ2) is 3.66. The molecule has 0 saturated heterocycles. The summed E-state index contributed by atoms with van der Waals surface area (Å²) < 4.78 is 5.80. The largest absolute Gasteiger partial charge is 0.369 e. The lowest BCUT2D eigenvalue weighted by molar-refractivity contribution is 0.0860.